The van der Waals surface area contributed by atoms with Crippen LogP contribution in [-0.2, 0) is 6.54 Å². The lowest BCUT2D eigenvalue weighted by molar-refractivity contribution is 0.627. The van der Waals surface area contributed by atoms with Gasteiger partial charge in [-0.05, 0) is 54.2 Å². The molecule has 2 rings (SSSR count). The maximum atomic E-state index is 13.3. The fourth-order valence-corrected chi connectivity index (χ4v) is 2.45. The highest BCUT2D eigenvalue weighted by molar-refractivity contribution is 7.10. The molecule has 1 heterocycles. The first-order valence-corrected chi connectivity index (χ1v) is 6.07. The van der Waals surface area contributed by atoms with E-state index in [0.29, 0.717) is 0 Å². The topological polar surface area (TPSA) is 12.0 Å². The first kappa shape index (κ1) is 11.3. The molecule has 0 radical (unpaired) electrons. The Morgan fingerprint density at radius 2 is 2.12 bits per heavy atom. The zero-order valence-electron chi connectivity index (χ0n) is 9.38. The van der Waals surface area contributed by atoms with Crippen molar-refractivity contribution in [2.75, 3.05) is 7.05 Å². The van der Waals surface area contributed by atoms with E-state index in [-0.39, 0.29) is 5.82 Å². The molecule has 1 aromatic carbocycles. The van der Waals surface area contributed by atoms with Crippen molar-refractivity contribution >= 4 is 11.3 Å². The third kappa shape index (κ3) is 2.31. The van der Waals surface area contributed by atoms with Crippen molar-refractivity contribution in [3.05, 3.63) is 45.9 Å². The first-order chi connectivity index (χ1) is 7.70. The van der Waals surface area contributed by atoms with E-state index in [1.165, 1.54) is 10.9 Å². The van der Waals surface area contributed by atoms with Gasteiger partial charge in [-0.1, -0.05) is 6.07 Å². The van der Waals surface area contributed by atoms with Crippen molar-refractivity contribution in [1.82, 2.24) is 5.32 Å². The van der Waals surface area contributed by atoms with Gasteiger partial charge in [-0.15, -0.1) is 11.3 Å². The van der Waals surface area contributed by atoms with E-state index in [4.69, 9.17) is 0 Å². The van der Waals surface area contributed by atoms with Crippen LogP contribution in [0.15, 0.2) is 29.6 Å². The van der Waals surface area contributed by atoms with Crippen molar-refractivity contribution in [1.29, 1.82) is 0 Å². The molecule has 0 spiro atoms. The normalized spacial score (nSPS) is 10.7. The summed E-state index contributed by atoms with van der Waals surface area (Å²) in [5.74, 6) is -0.182. The summed E-state index contributed by atoms with van der Waals surface area (Å²) in [6, 6.07) is 7.05. The third-order valence-electron chi connectivity index (χ3n) is 2.48. The Bertz CT molecular complexity index is 490. The molecule has 1 aromatic heterocycles. The van der Waals surface area contributed by atoms with Crippen molar-refractivity contribution in [2.45, 2.75) is 13.5 Å². The Morgan fingerprint density at radius 1 is 1.31 bits per heavy atom. The van der Waals surface area contributed by atoms with Crippen LogP contribution < -0.4 is 5.32 Å². The SMILES string of the molecule is CNCc1ccc(F)cc1-c1csc(C)c1. The average molecular weight is 235 g/mol. The summed E-state index contributed by atoms with van der Waals surface area (Å²) in [6.45, 7) is 2.82. The van der Waals surface area contributed by atoms with Crippen LogP contribution in [0.5, 0.6) is 0 Å². The van der Waals surface area contributed by atoms with Gasteiger partial charge in [-0.3, -0.25) is 0 Å². The summed E-state index contributed by atoms with van der Waals surface area (Å²) in [5.41, 5.74) is 3.22. The van der Waals surface area contributed by atoms with Crippen LogP contribution >= 0.6 is 11.3 Å². The van der Waals surface area contributed by atoms with E-state index in [2.05, 4.69) is 23.7 Å². The maximum Gasteiger partial charge on any atom is 0.123 e. The van der Waals surface area contributed by atoms with Gasteiger partial charge in [0.1, 0.15) is 5.82 Å². The number of halogens is 1. The molecule has 2 aromatic rings. The number of aryl methyl sites for hydroxylation is 1. The molecule has 84 valence electrons. The predicted octanol–water partition coefficient (Wildman–Crippen LogP) is 3.58. The fourth-order valence-electron chi connectivity index (χ4n) is 1.75. The highest BCUT2D eigenvalue weighted by Crippen LogP contribution is 2.28. The predicted molar refractivity (Wildman–Crippen MR) is 67.2 cm³/mol. The van der Waals surface area contributed by atoms with Crippen molar-refractivity contribution in [3.63, 3.8) is 0 Å². The number of hydrogen-bond acceptors (Lipinski definition) is 2. The molecular formula is C13H14FNS. The van der Waals surface area contributed by atoms with Gasteiger partial charge in [0.05, 0.1) is 0 Å². The first-order valence-electron chi connectivity index (χ1n) is 5.19. The second kappa shape index (κ2) is 4.76. The number of rotatable bonds is 3. The van der Waals surface area contributed by atoms with Crippen molar-refractivity contribution in [2.24, 2.45) is 0 Å². The average Bonchev–Trinajstić information content (AvgIpc) is 2.68. The zero-order chi connectivity index (χ0) is 11.5. The summed E-state index contributed by atoms with van der Waals surface area (Å²) in [6.07, 6.45) is 0. The van der Waals surface area contributed by atoms with Gasteiger partial charge in [0.25, 0.3) is 0 Å². The number of nitrogens with one attached hydrogen (secondary N) is 1. The van der Waals surface area contributed by atoms with Gasteiger partial charge in [0.2, 0.25) is 0 Å². The standard InChI is InChI=1S/C13H14FNS/c1-9-5-11(8-16-9)13-6-12(14)4-3-10(13)7-15-2/h3-6,8,15H,7H2,1-2H3. The molecule has 0 bridgehead atoms. The van der Waals surface area contributed by atoms with Crippen LogP contribution in [0.3, 0.4) is 0 Å². The van der Waals surface area contributed by atoms with Crippen LogP contribution in [0.4, 0.5) is 4.39 Å². The summed E-state index contributed by atoms with van der Waals surface area (Å²) < 4.78 is 13.3. The summed E-state index contributed by atoms with van der Waals surface area (Å²) in [4.78, 5) is 1.25. The zero-order valence-corrected chi connectivity index (χ0v) is 10.2. The molecule has 0 saturated heterocycles. The van der Waals surface area contributed by atoms with E-state index >= 15 is 0 Å². The molecule has 0 aliphatic carbocycles. The molecule has 0 amide bonds. The molecule has 1 N–H and O–H groups in total. The third-order valence-corrected chi connectivity index (χ3v) is 3.34. The maximum absolute atomic E-state index is 13.3. The number of thiophene rings is 1. The molecular weight excluding hydrogens is 221 g/mol. The lowest BCUT2D eigenvalue weighted by Crippen LogP contribution is -2.06. The number of hydrogen-bond donors (Lipinski definition) is 1. The van der Waals surface area contributed by atoms with Crippen LogP contribution in [0.1, 0.15) is 10.4 Å². The second-order valence-electron chi connectivity index (χ2n) is 3.78. The van der Waals surface area contributed by atoms with Crippen LogP contribution in [0.2, 0.25) is 0 Å². The molecule has 3 heteroatoms. The molecule has 0 fully saturated rings. The van der Waals surface area contributed by atoms with Crippen molar-refractivity contribution < 1.29 is 4.39 Å². The summed E-state index contributed by atoms with van der Waals surface area (Å²) in [7, 11) is 1.89. The fraction of sp³-hybridized carbons (Fsp3) is 0.231. The van der Waals surface area contributed by atoms with E-state index in [9.17, 15) is 4.39 Å². The minimum Gasteiger partial charge on any atom is -0.316 e. The quantitative estimate of drug-likeness (QED) is 0.857. The van der Waals surface area contributed by atoms with Gasteiger partial charge in [-0.2, -0.15) is 0 Å². The molecule has 0 saturated carbocycles. The second-order valence-corrected chi connectivity index (χ2v) is 4.89. The summed E-state index contributed by atoms with van der Waals surface area (Å²) in [5, 5.41) is 5.17. The monoisotopic (exact) mass is 235 g/mol. The molecule has 0 unspecified atom stereocenters. The Hall–Kier alpha value is -1.19. The highest BCUT2D eigenvalue weighted by atomic mass is 32.1. The van der Waals surface area contributed by atoms with Crippen molar-refractivity contribution in [3.8, 4) is 11.1 Å². The molecule has 1 nitrogen and oxygen atoms in total. The lowest BCUT2D eigenvalue weighted by Gasteiger charge is -2.07. The van der Waals surface area contributed by atoms with Gasteiger partial charge < -0.3 is 5.32 Å². The van der Waals surface area contributed by atoms with Gasteiger partial charge in [0.15, 0.2) is 0 Å². The molecule has 0 aliphatic heterocycles. The smallest absolute Gasteiger partial charge is 0.123 e. The molecule has 16 heavy (non-hydrogen) atoms. The van der Waals surface area contributed by atoms with E-state index < -0.39 is 0 Å². The molecule has 0 atom stereocenters. The van der Waals surface area contributed by atoms with Crippen LogP contribution in [0.25, 0.3) is 11.1 Å². The molecule has 0 aliphatic rings. The van der Waals surface area contributed by atoms with Crippen LogP contribution in [-0.4, -0.2) is 7.05 Å². The minimum absolute atomic E-state index is 0.182. The minimum atomic E-state index is -0.182. The Morgan fingerprint density at radius 3 is 2.75 bits per heavy atom. The van der Waals surface area contributed by atoms with E-state index in [1.54, 1.807) is 17.4 Å². The lowest BCUT2D eigenvalue weighted by atomic mass is 10.0. The highest BCUT2D eigenvalue weighted by Gasteiger charge is 2.07. The van der Waals surface area contributed by atoms with E-state index in [1.807, 2.05) is 13.1 Å². The largest absolute Gasteiger partial charge is 0.316 e. The van der Waals surface area contributed by atoms with Gasteiger partial charge in [-0.25, -0.2) is 4.39 Å². The van der Waals surface area contributed by atoms with Gasteiger partial charge in [0, 0.05) is 11.4 Å². The number of benzene rings is 1. The van der Waals surface area contributed by atoms with Crippen LogP contribution in [0, 0.1) is 12.7 Å². The van der Waals surface area contributed by atoms with E-state index in [0.717, 1.165) is 23.2 Å². The Kier molecular flexibility index (Phi) is 3.36. The summed E-state index contributed by atoms with van der Waals surface area (Å²) >= 11 is 1.69. The van der Waals surface area contributed by atoms with Gasteiger partial charge >= 0.3 is 0 Å². The Labute approximate surface area is 98.9 Å². The Balaban J connectivity index is 2.48.